The monoisotopic (exact) mass is 375 g/mol. The second-order valence-electron chi connectivity index (χ2n) is 7.18. The number of amides is 1. The van der Waals surface area contributed by atoms with Gasteiger partial charge in [0.25, 0.3) is 0 Å². The fourth-order valence-electron chi connectivity index (χ4n) is 3.29. The molecule has 3 atom stereocenters. The Balaban J connectivity index is 1.86. The maximum absolute atomic E-state index is 12.2. The predicted octanol–water partition coefficient (Wildman–Crippen LogP) is 2.39. The van der Waals surface area contributed by atoms with Crippen molar-refractivity contribution in [2.45, 2.75) is 63.7 Å². The molecule has 1 aromatic rings. The van der Waals surface area contributed by atoms with Gasteiger partial charge in [0.1, 0.15) is 0 Å². The van der Waals surface area contributed by atoms with Gasteiger partial charge in [-0.3, -0.25) is 4.79 Å². The number of hydrogen-bond acceptors (Lipinski definition) is 4. The lowest BCUT2D eigenvalue weighted by Gasteiger charge is -2.23. The maximum Gasteiger partial charge on any atom is 0.335 e. The summed E-state index contributed by atoms with van der Waals surface area (Å²) in [5, 5.41) is 28.2. The molecule has 3 unspecified atom stereocenters. The zero-order valence-corrected chi connectivity index (χ0v) is 15.8. The van der Waals surface area contributed by atoms with Gasteiger partial charge in [0, 0.05) is 13.0 Å². The third kappa shape index (κ3) is 6.81. The van der Waals surface area contributed by atoms with Crippen LogP contribution in [0.1, 0.15) is 54.9 Å². The van der Waals surface area contributed by atoms with Gasteiger partial charge in [-0.1, -0.05) is 24.3 Å². The van der Waals surface area contributed by atoms with Crippen LogP contribution in [0.4, 0.5) is 0 Å². The van der Waals surface area contributed by atoms with Crippen molar-refractivity contribution in [2.24, 2.45) is 0 Å². The van der Waals surface area contributed by atoms with Crippen molar-refractivity contribution < 1.29 is 24.9 Å². The molecule has 1 fully saturated rings. The summed E-state index contributed by atoms with van der Waals surface area (Å²) < 4.78 is 0. The zero-order chi connectivity index (χ0) is 19.8. The third-order valence-corrected chi connectivity index (χ3v) is 4.89. The highest BCUT2D eigenvalue weighted by Gasteiger charge is 2.28. The number of hydrogen-bond donors (Lipinski definition) is 3. The minimum atomic E-state index is -0.950. The lowest BCUT2D eigenvalue weighted by molar-refractivity contribution is -0.128. The van der Waals surface area contributed by atoms with Gasteiger partial charge >= 0.3 is 5.97 Å². The van der Waals surface area contributed by atoms with E-state index in [9.17, 15) is 19.8 Å². The summed E-state index contributed by atoms with van der Waals surface area (Å²) >= 11 is 0. The van der Waals surface area contributed by atoms with Gasteiger partial charge in [0.15, 0.2) is 0 Å². The number of nitrogens with zero attached hydrogens (tertiary/aromatic N) is 1. The minimum Gasteiger partial charge on any atom is -0.478 e. The van der Waals surface area contributed by atoms with Crippen LogP contribution in [0.25, 0.3) is 0 Å². The SMILES string of the molecule is CC(O)CCCC(O)C=CC1CCC(=O)N1CCc1ccc(C(=O)O)cc1. The molecular formula is C21H29NO5. The van der Waals surface area contributed by atoms with Crippen LogP contribution in [0.2, 0.25) is 0 Å². The molecule has 0 aliphatic carbocycles. The number of carboxylic acid groups (broad SMARTS) is 1. The van der Waals surface area contributed by atoms with Gasteiger partial charge in [-0.15, -0.1) is 0 Å². The first-order valence-electron chi connectivity index (χ1n) is 9.53. The van der Waals surface area contributed by atoms with Crippen LogP contribution in [0.5, 0.6) is 0 Å². The van der Waals surface area contributed by atoms with Crippen LogP contribution in [-0.4, -0.2) is 56.9 Å². The zero-order valence-electron chi connectivity index (χ0n) is 15.8. The van der Waals surface area contributed by atoms with Crippen molar-refractivity contribution in [3.63, 3.8) is 0 Å². The number of rotatable bonds is 10. The molecular weight excluding hydrogens is 346 g/mol. The van der Waals surface area contributed by atoms with E-state index < -0.39 is 12.1 Å². The van der Waals surface area contributed by atoms with Crippen LogP contribution < -0.4 is 0 Å². The van der Waals surface area contributed by atoms with Crippen LogP contribution in [0.3, 0.4) is 0 Å². The fraction of sp³-hybridized carbons (Fsp3) is 0.524. The van der Waals surface area contributed by atoms with E-state index in [2.05, 4.69) is 0 Å². The van der Waals surface area contributed by atoms with E-state index in [1.54, 1.807) is 37.3 Å². The summed E-state index contributed by atoms with van der Waals surface area (Å²) in [6, 6.07) is 6.69. The second-order valence-corrected chi connectivity index (χ2v) is 7.18. The molecule has 3 N–H and O–H groups in total. The molecule has 1 saturated heterocycles. The smallest absolute Gasteiger partial charge is 0.335 e. The summed E-state index contributed by atoms with van der Waals surface area (Å²) in [5.74, 6) is -0.844. The van der Waals surface area contributed by atoms with Crippen molar-refractivity contribution in [1.29, 1.82) is 0 Å². The van der Waals surface area contributed by atoms with E-state index in [4.69, 9.17) is 5.11 Å². The highest BCUT2D eigenvalue weighted by Crippen LogP contribution is 2.21. The quantitative estimate of drug-likeness (QED) is 0.546. The first kappa shape index (κ1) is 21.1. The molecule has 6 nitrogen and oxygen atoms in total. The number of benzene rings is 1. The summed E-state index contributed by atoms with van der Waals surface area (Å²) in [6.45, 7) is 2.30. The van der Waals surface area contributed by atoms with Gasteiger partial charge in [-0.2, -0.15) is 0 Å². The third-order valence-electron chi connectivity index (χ3n) is 4.89. The van der Waals surface area contributed by atoms with Crippen LogP contribution >= 0.6 is 0 Å². The first-order chi connectivity index (χ1) is 12.9. The van der Waals surface area contributed by atoms with E-state index in [1.165, 1.54) is 0 Å². The standard InChI is InChI=1S/C21H29NO5/c1-15(23)3-2-4-19(24)11-9-18-10-12-20(25)22(18)14-13-16-5-7-17(8-6-16)21(26)27/h5-9,11,15,18-19,23-24H,2-4,10,12-14H2,1H3,(H,26,27). The van der Waals surface area contributed by atoms with Crippen molar-refractivity contribution in [1.82, 2.24) is 4.90 Å². The van der Waals surface area contributed by atoms with E-state index in [-0.39, 0.29) is 23.6 Å². The van der Waals surface area contributed by atoms with Crippen LogP contribution in [0, 0.1) is 0 Å². The molecule has 0 aromatic heterocycles. The Hall–Kier alpha value is -2.18. The van der Waals surface area contributed by atoms with Gasteiger partial charge in [0.05, 0.1) is 23.8 Å². The Labute approximate surface area is 160 Å². The van der Waals surface area contributed by atoms with Crippen molar-refractivity contribution in [3.05, 3.63) is 47.5 Å². The number of carbonyl (C=O) groups is 2. The normalized spacial score (nSPS) is 19.6. The molecule has 1 aromatic carbocycles. The lowest BCUT2D eigenvalue weighted by atomic mass is 10.1. The van der Waals surface area contributed by atoms with E-state index >= 15 is 0 Å². The average Bonchev–Trinajstić information content (AvgIpc) is 2.98. The number of aromatic carboxylic acids is 1. The summed E-state index contributed by atoms with van der Waals surface area (Å²) in [4.78, 5) is 24.9. The molecule has 0 saturated carbocycles. The molecule has 1 aliphatic rings. The number of aliphatic hydroxyl groups is 2. The number of aliphatic hydroxyl groups excluding tert-OH is 2. The van der Waals surface area contributed by atoms with Crippen LogP contribution in [-0.2, 0) is 11.2 Å². The number of carbonyl (C=O) groups excluding carboxylic acids is 1. The Morgan fingerprint density at radius 2 is 1.96 bits per heavy atom. The molecule has 27 heavy (non-hydrogen) atoms. The van der Waals surface area contributed by atoms with Crippen LogP contribution in [0.15, 0.2) is 36.4 Å². The topological polar surface area (TPSA) is 98.1 Å². The lowest BCUT2D eigenvalue weighted by Crippen LogP contribution is -2.33. The van der Waals surface area contributed by atoms with Gasteiger partial charge in [0.2, 0.25) is 5.91 Å². The Morgan fingerprint density at radius 1 is 1.26 bits per heavy atom. The number of carboxylic acids is 1. The molecule has 0 spiro atoms. The number of likely N-dealkylation sites (tertiary alicyclic amines) is 1. The molecule has 1 amide bonds. The Morgan fingerprint density at radius 3 is 2.59 bits per heavy atom. The van der Waals surface area contributed by atoms with E-state index in [1.807, 2.05) is 11.0 Å². The second kappa shape index (κ2) is 10.2. The highest BCUT2D eigenvalue weighted by atomic mass is 16.4. The van der Waals surface area contributed by atoms with E-state index in [0.717, 1.165) is 18.4 Å². The van der Waals surface area contributed by atoms with Gasteiger partial charge in [-0.05, 0) is 56.7 Å². The highest BCUT2D eigenvalue weighted by molar-refractivity contribution is 5.87. The average molecular weight is 375 g/mol. The summed E-state index contributed by atoms with van der Waals surface area (Å²) in [5.41, 5.74) is 1.24. The fourth-order valence-corrected chi connectivity index (χ4v) is 3.29. The molecule has 1 aliphatic heterocycles. The molecule has 0 bridgehead atoms. The first-order valence-corrected chi connectivity index (χ1v) is 9.53. The molecule has 6 heteroatoms. The molecule has 1 heterocycles. The largest absolute Gasteiger partial charge is 0.478 e. The van der Waals surface area contributed by atoms with Gasteiger partial charge < -0.3 is 20.2 Å². The predicted molar refractivity (Wildman–Crippen MR) is 103 cm³/mol. The van der Waals surface area contributed by atoms with E-state index in [0.29, 0.717) is 32.2 Å². The maximum atomic E-state index is 12.2. The van der Waals surface area contributed by atoms with Crippen molar-refractivity contribution in [2.75, 3.05) is 6.54 Å². The Kier molecular flexibility index (Phi) is 8.00. The molecule has 2 rings (SSSR count). The minimum absolute atomic E-state index is 0.0118. The van der Waals surface area contributed by atoms with Crippen molar-refractivity contribution >= 4 is 11.9 Å². The molecule has 0 radical (unpaired) electrons. The Bertz CT molecular complexity index is 653. The molecule has 148 valence electrons. The summed E-state index contributed by atoms with van der Waals surface area (Å²) in [6.07, 6.45) is 6.66. The van der Waals surface area contributed by atoms with Crippen molar-refractivity contribution in [3.8, 4) is 0 Å². The van der Waals surface area contributed by atoms with Gasteiger partial charge in [-0.25, -0.2) is 4.79 Å². The summed E-state index contributed by atoms with van der Waals surface area (Å²) in [7, 11) is 0.